The van der Waals surface area contributed by atoms with Crippen molar-refractivity contribution in [3.8, 4) is 0 Å². The van der Waals surface area contributed by atoms with Crippen LogP contribution in [0.1, 0.15) is 39.0 Å². The monoisotopic (exact) mass is 274 g/mol. The number of rotatable bonds is 5. The average molecular weight is 274 g/mol. The van der Waals surface area contributed by atoms with E-state index in [1.807, 2.05) is 0 Å². The van der Waals surface area contributed by atoms with Crippen LogP contribution in [-0.4, -0.2) is 27.1 Å². The van der Waals surface area contributed by atoms with Gasteiger partial charge in [0.25, 0.3) is 10.1 Å². The highest BCUT2D eigenvalue weighted by atomic mass is 32.2. The molecule has 0 aliphatic heterocycles. The molecule has 4 nitrogen and oxygen atoms in total. The van der Waals surface area contributed by atoms with E-state index < -0.39 is 10.1 Å². The molecule has 2 unspecified atom stereocenters. The zero-order valence-corrected chi connectivity index (χ0v) is 11.9. The van der Waals surface area contributed by atoms with E-state index >= 15 is 0 Å². The van der Waals surface area contributed by atoms with Gasteiger partial charge in [0.15, 0.2) is 0 Å². The molecule has 2 fully saturated rings. The molecular weight excluding hydrogens is 252 g/mol. The molecule has 5 heteroatoms. The van der Waals surface area contributed by atoms with Crippen molar-refractivity contribution in [2.24, 2.45) is 23.7 Å². The van der Waals surface area contributed by atoms with Gasteiger partial charge in [-0.15, -0.1) is 0 Å². The van der Waals surface area contributed by atoms with Crippen molar-refractivity contribution in [2.45, 2.75) is 39.0 Å². The first kappa shape index (κ1) is 14.0. The van der Waals surface area contributed by atoms with E-state index in [1.165, 1.54) is 0 Å². The smallest absolute Gasteiger partial charge is 0.264 e. The van der Waals surface area contributed by atoms with Gasteiger partial charge >= 0.3 is 0 Å². The van der Waals surface area contributed by atoms with E-state index in [1.54, 1.807) is 0 Å². The van der Waals surface area contributed by atoms with Gasteiger partial charge in [-0.2, -0.15) is 8.42 Å². The van der Waals surface area contributed by atoms with Gasteiger partial charge in [-0.25, -0.2) is 0 Å². The van der Waals surface area contributed by atoms with Gasteiger partial charge in [0.05, 0.1) is 12.9 Å². The molecule has 2 rings (SSSR count). The molecule has 0 heterocycles. The van der Waals surface area contributed by atoms with Crippen LogP contribution in [0, 0.1) is 23.7 Å². The molecule has 2 aliphatic carbocycles. The molecule has 0 spiro atoms. The molecule has 0 bridgehead atoms. The number of ketones is 1. The topological polar surface area (TPSA) is 60.4 Å². The molecular formula is C13H22O4S. The lowest BCUT2D eigenvalue weighted by Crippen LogP contribution is -2.23. The molecule has 0 radical (unpaired) electrons. The third kappa shape index (κ3) is 3.79. The highest BCUT2D eigenvalue weighted by Crippen LogP contribution is 2.44. The Bertz CT molecular complexity index is 407. The summed E-state index contributed by atoms with van der Waals surface area (Å²) >= 11 is 0. The zero-order chi connectivity index (χ0) is 13.3. The second kappa shape index (κ2) is 5.29. The van der Waals surface area contributed by atoms with E-state index in [0.29, 0.717) is 5.78 Å². The van der Waals surface area contributed by atoms with Crippen LogP contribution in [0.3, 0.4) is 0 Å². The molecule has 0 aromatic rings. The Morgan fingerprint density at radius 3 is 2.39 bits per heavy atom. The van der Waals surface area contributed by atoms with Crippen molar-refractivity contribution in [2.75, 3.05) is 12.9 Å². The van der Waals surface area contributed by atoms with E-state index in [-0.39, 0.29) is 24.4 Å². The molecule has 104 valence electrons. The van der Waals surface area contributed by atoms with Gasteiger partial charge in [-0.05, 0) is 31.1 Å². The number of Topliss-reactive ketones (excluding diaryl/α,β-unsaturated/α-hetero) is 1. The minimum absolute atomic E-state index is 0.0603. The summed E-state index contributed by atoms with van der Waals surface area (Å²) in [5.41, 5.74) is 0. The Balaban J connectivity index is 1.75. The van der Waals surface area contributed by atoms with Crippen LogP contribution in [0.4, 0.5) is 0 Å². The molecule has 0 amide bonds. The fourth-order valence-electron chi connectivity index (χ4n) is 2.84. The van der Waals surface area contributed by atoms with Crippen LogP contribution in [0.2, 0.25) is 0 Å². The number of hydrogen-bond acceptors (Lipinski definition) is 4. The summed E-state index contributed by atoms with van der Waals surface area (Å²) in [5.74, 6) is 1.51. The van der Waals surface area contributed by atoms with E-state index in [4.69, 9.17) is 4.18 Å². The molecule has 2 aliphatic rings. The lowest BCUT2D eigenvalue weighted by atomic mass is 9.79. The fourth-order valence-corrected chi connectivity index (χ4v) is 3.26. The van der Waals surface area contributed by atoms with Crippen LogP contribution in [0.25, 0.3) is 0 Å². The van der Waals surface area contributed by atoms with Crippen LogP contribution in [-0.2, 0) is 19.1 Å². The Kier molecular flexibility index (Phi) is 4.11. The lowest BCUT2D eigenvalue weighted by Gasteiger charge is -2.25. The van der Waals surface area contributed by atoms with E-state index in [0.717, 1.165) is 44.3 Å². The minimum Gasteiger partial charge on any atom is -0.299 e. The first-order valence-corrected chi connectivity index (χ1v) is 8.56. The summed E-state index contributed by atoms with van der Waals surface area (Å²) in [5, 5.41) is 0. The van der Waals surface area contributed by atoms with Crippen molar-refractivity contribution in [3.05, 3.63) is 0 Å². The molecule has 18 heavy (non-hydrogen) atoms. The summed E-state index contributed by atoms with van der Waals surface area (Å²) in [6.45, 7) is 2.42. The second-order valence-corrected chi connectivity index (χ2v) is 7.59. The molecule has 0 saturated heterocycles. The van der Waals surface area contributed by atoms with Crippen LogP contribution < -0.4 is 0 Å². The van der Waals surface area contributed by atoms with Gasteiger partial charge in [0.1, 0.15) is 5.78 Å². The fraction of sp³-hybridized carbons (Fsp3) is 0.923. The highest BCUT2D eigenvalue weighted by molar-refractivity contribution is 7.85. The van der Waals surface area contributed by atoms with Gasteiger partial charge in [-0.1, -0.05) is 19.8 Å². The Labute approximate surface area is 109 Å². The zero-order valence-electron chi connectivity index (χ0n) is 11.1. The van der Waals surface area contributed by atoms with Crippen LogP contribution in [0.15, 0.2) is 0 Å². The largest absolute Gasteiger partial charge is 0.299 e. The maximum atomic E-state index is 12.2. The summed E-state index contributed by atoms with van der Waals surface area (Å²) in [6.07, 6.45) is 6.17. The number of hydrogen-bond donors (Lipinski definition) is 0. The molecule has 2 saturated carbocycles. The van der Waals surface area contributed by atoms with E-state index in [9.17, 15) is 13.2 Å². The first-order chi connectivity index (χ1) is 8.37. The quantitative estimate of drug-likeness (QED) is 0.719. The van der Waals surface area contributed by atoms with Gasteiger partial charge in [0, 0.05) is 11.8 Å². The lowest BCUT2D eigenvalue weighted by molar-refractivity contribution is -0.125. The number of carbonyl (C=O) groups is 1. The third-order valence-corrected chi connectivity index (χ3v) is 4.77. The summed E-state index contributed by atoms with van der Waals surface area (Å²) in [4.78, 5) is 12.2. The normalized spacial score (nSPS) is 36.3. The standard InChI is InChI=1S/C13H22O4S/c1-9-3-5-10(6-4-9)13(14)12-7-11(12)8-17-18(2,15)16/h9-12H,3-8H2,1-2H3. The van der Waals surface area contributed by atoms with Crippen molar-refractivity contribution < 1.29 is 17.4 Å². The SMILES string of the molecule is CC1CCC(C(=O)C2CC2COS(C)(=O)=O)CC1. The Morgan fingerprint density at radius 2 is 1.83 bits per heavy atom. The van der Waals surface area contributed by atoms with Gasteiger partial charge in [0.2, 0.25) is 0 Å². The summed E-state index contributed by atoms with van der Waals surface area (Å²) in [7, 11) is -3.37. The maximum Gasteiger partial charge on any atom is 0.264 e. The second-order valence-electron chi connectivity index (χ2n) is 5.95. The maximum absolute atomic E-state index is 12.2. The van der Waals surface area contributed by atoms with Crippen molar-refractivity contribution in [1.29, 1.82) is 0 Å². The Morgan fingerprint density at radius 1 is 1.22 bits per heavy atom. The average Bonchev–Trinajstić information content (AvgIpc) is 3.05. The Hall–Kier alpha value is -0.420. The van der Waals surface area contributed by atoms with Crippen LogP contribution in [0.5, 0.6) is 0 Å². The highest BCUT2D eigenvalue weighted by Gasteiger charge is 2.45. The van der Waals surface area contributed by atoms with Crippen molar-refractivity contribution in [3.63, 3.8) is 0 Å². The number of carbonyl (C=O) groups excluding carboxylic acids is 1. The third-order valence-electron chi connectivity index (χ3n) is 4.20. The summed E-state index contributed by atoms with van der Waals surface area (Å²) in [6, 6.07) is 0. The van der Waals surface area contributed by atoms with Crippen molar-refractivity contribution >= 4 is 15.9 Å². The van der Waals surface area contributed by atoms with Crippen molar-refractivity contribution in [1.82, 2.24) is 0 Å². The van der Waals surface area contributed by atoms with Crippen LogP contribution >= 0.6 is 0 Å². The van der Waals surface area contributed by atoms with Gasteiger partial charge in [-0.3, -0.25) is 8.98 Å². The first-order valence-electron chi connectivity index (χ1n) is 6.75. The molecule has 0 N–H and O–H groups in total. The van der Waals surface area contributed by atoms with Gasteiger partial charge < -0.3 is 0 Å². The summed E-state index contributed by atoms with van der Waals surface area (Å²) < 4.78 is 26.5. The molecule has 0 aromatic carbocycles. The van der Waals surface area contributed by atoms with E-state index in [2.05, 4.69) is 6.92 Å². The molecule has 0 aromatic heterocycles. The molecule has 2 atom stereocenters. The predicted octanol–water partition coefficient (Wildman–Crippen LogP) is 1.99. The predicted molar refractivity (Wildman–Crippen MR) is 68.5 cm³/mol. The minimum atomic E-state index is -3.37.